The number of nitrogens with one attached hydrogen (secondary N) is 1. The molecule has 0 aliphatic carbocycles. The average molecular weight is 429 g/mol. The van der Waals surface area contributed by atoms with E-state index in [1.54, 1.807) is 12.5 Å². The number of para-hydroxylation sites is 1. The number of carbonyl (C=O) groups excluding carboxylic acids is 1. The van der Waals surface area contributed by atoms with E-state index in [0.717, 1.165) is 16.5 Å². The van der Waals surface area contributed by atoms with Gasteiger partial charge in [0.15, 0.2) is 16.7 Å². The molecule has 2 aromatic carbocycles. The van der Waals surface area contributed by atoms with Crippen molar-refractivity contribution in [1.29, 1.82) is 0 Å². The maximum atomic E-state index is 13.2. The second kappa shape index (κ2) is 8.28. The molecule has 0 spiro atoms. The number of nitrogens with zero attached hydrogens (tertiary/aromatic N) is 3. The number of aromatic nitrogens is 4. The number of rotatable bonds is 7. The molecule has 7 heteroatoms. The first kappa shape index (κ1) is 19.4. The Morgan fingerprint density at radius 3 is 2.68 bits per heavy atom. The van der Waals surface area contributed by atoms with Gasteiger partial charge in [0.1, 0.15) is 0 Å². The first-order valence-corrected chi connectivity index (χ1v) is 10.9. The third kappa shape index (κ3) is 3.80. The Kier molecular flexibility index (Phi) is 5.18. The van der Waals surface area contributed by atoms with E-state index in [1.165, 1.54) is 11.8 Å². The van der Waals surface area contributed by atoms with Crippen LogP contribution >= 0.6 is 11.8 Å². The summed E-state index contributed by atoms with van der Waals surface area (Å²) >= 11 is 1.41. The summed E-state index contributed by atoms with van der Waals surface area (Å²) in [6.45, 7) is 2.49. The minimum absolute atomic E-state index is 0.0521. The van der Waals surface area contributed by atoms with Gasteiger partial charge in [0, 0.05) is 22.7 Å². The lowest BCUT2D eigenvalue weighted by atomic mass is 10.1. The summed E-state index contributed by atoms with van der Waals surface area (Å²) in [5.74, 6) is 1.34. The number of furan rings is 1. The fourth-order valence-corrected chi connectivity index (χ4v) is 4.49. The lowest BCUT2D eigenvalue weighted by Crippen LogP contribution is -2.15. The number of Topliss-reactive ketones (excluding diaryl/α,β-unsaturated/α-hetero) is 1. The standard InChI is InChI=1S/C24H20N4O2S/c1-16(22(29)19-14-25-20-11-6-5-10-18(19)20)31-24-27-26-23(21-12-7-13-30-21)28(24)15-17-8-3-2-4-9-17/h2-14,16,25H,15H2,1H3. The van der Waals surface area contributed by atoms with Gasteiger partial charge in [0.05, 0.1) is 18.1 Å². The van der Waals surface area contributed by atoms with E-state index in [-0.39, 0.29) is 11.0 Å². The molecule has 0 saturated carbocycles. The summed E-state index contributed by atoms with van der Waals surface area (Å²) in [6.07, 6.45) is 3.40. The molecule has 3 aromatic heterocycles. The number of carbonyl (C=O) groups is 1. The Hall–Kier alpha value is -3.58. The number of hydrogen-bond donors (Lipinski definition) is 1. The quantitative estimate of drug-likeness (QED) is 0.276. The average Bonchev–Trinajstić information content (AvgIpc) is 3.54. The van der Waals surface area contributed by atoms with Crippen LogP contribution in [0.1, 0.15) is 22.8 Å². The summed E-state index contributed by atoms with van der Waals surface area (Å²) in [6, 6.07) is 21.6. The number of H-pyrrole nitrogens is 1. The molecule has 5 aromatic rings. The lowest BCUT2D eigenvalue weighted by Gasteiger charge is -2.12. The van der Waals surface area contributed by atoms with Crippen molar-refractivity contribution in [2.24, 2.45) is 0 Å². The maximum Gasteiger partial charge on any atom is 0.200 e. The Labute approximate surface area is 183 Å². The van der Waals surface area contributed by atoms with Crippen LogP contribution in [0.5, 0.6) is 0 Å². The summed E-state index contributed by atoms with van der Waals surface area (Å²) in [5.41, 5.74) is 2.76. The third-order valence-electron chi connectivity index (χ3n) is 5.15. The van der Waals surface area contributed by atoms with Gasteiger partial charge in [-0.3, -0.25) is 9.36 Å². The van der Waals surface area contributed by atoms with Crippen LogP contribution in [0.3, 0.4) is 0 Å². The summed E-state index contributed by atoms with van der Waals surface area (Å²) < 4.78 is 7.56. The molecule has 154 valence electrons. The van der Waals surface area contributed by atoms with Crippen molar-refractivity contribution >= 4 is 28.4 Å². The van der Waals surface area contributed by atoms with Crippen LogP contribution in [0.15, 0.2) is 88.8 Å². The Morgan fingerprint density at radius 1 is 1.06 bits per heavy atom. The molecule has 0 aliphatic heterocycles. The molecule has 0 amide bonds. The van der Waals surface area contributed by atoms with E-state index in [0.29, 0.717) is 28.8 Å². The molecule has 1 atom stereocenters. The molecule has 1 N–H and O–H groups in total. The van der Waals surface area contributed by atoms with Gasteiger partial charge in [0.2, 0.25) is 5.82 Å². The highest BCUT2D eigenvalue weighted by atomic mass is 32.2. The molecule has 0 saturated heterocycles. The largest absolute Gasteiger partial charge is 0.461 e. The van der Waals surface area contributed by atoms with E-state index < -0.39 is 0 Å². The van der Waals surface area contributed by atoms with Crippen LogP contribution < -0.4 is 0 Å². The molecule has 0 fully saturated rings. The summed E-state index contributed by atoms with van der Waals surface area (Å²) in [5, 5.41) is 10.0. The van der Waals surface area contributed by atoms with Gasteiger partial charge < -0.3 is 9.40 Å². The zero-order valence-electron chi connectivity index (χ0n) is 16.9. The monoisotopic (exact) mass is 428 g/mol. The van der Waals surface area contributed by atoms with Crippen molar-refractivity contribution in [1.82, 2.24) is 19.7 Å². The Balaban J connectivity index is 1.46. The first-order chi connectivity index (χ1) is 15.2. The molecule has 5 rings (SSSR count). The number of thioether (sulfide) groups is 1. The number of fused-ring (bicyclic) bond motifs is 1. The zero-order valence-corrected chi connectivity index (χ0v) is 17.7. The van der Waals surface area contributed by atoms with E-state index in [2.05, 4.69) is 27.3 Å². The first-order valence-electron chi connectivity index (χ1n) is 9.98. The molecule has 3 heterocycles. The molecule has 1 unspecified atom stereocenters. The molecule has 0 radical (unpaired) electrons. The highest BCUT2D eigenvalue weighted by molar-refractivity contribution is 8.00. The number of hydrogen-bond acceptors (Lipinski definition) is 5. The number of aromatic amines is 1. The molecule has 0 aliphatic rings. The van der Waals surface area contributed by atoms with Gasteiger partial charge in [-0.05, 0) is 30.7 Å². The van der Waals surface area contributed by atoms with Gasteiger partial charge in [0.25, 0.3) is 0 Å². The predicted molar refractivity (Wildman–Crippen MR) is 121 cm³/mol. The highest BCUT2D eigenvalue weighted by Crippen LogP contribution is 2.30. The van der Waals surface area contributed by atoms with Crippen LogP contribution in [0.25, 0.3) is 22.5 Å². The van der Waals surface area contributed by atoms with Gasteiger partial charge in [-0.1, -0.05) is 60.3 Å². The molecule has 31 heavy (non-hydrogen) atoms. The van der Waals surface area contributed by atoms with Crippen molar-refractivity contribution in [2.45, 2.75) is 23.9 Å². The minimum Gasteiger partial charge on any atom is -0.461 e. The predicted octanol–water partition coefficient (Wildman–Crippen LogP) is 5.43. The van der Waals surface area contributed by atoms with Gasteiger partial charge in [-0.2, -0.15) is 0 Å². The minimum atomic E-state index is -0.331. The second-order valence-electron chi connectivity index (χ2n) is 7.23. The second-order valence-corrected chi connectivity index (χ2v) is 8.54. The fraction of sp³-hybridized carbons (Fsp3) is 0.125. The normalized spacial score (nSPS) is 12.3. The van der Waals surface area contributed by atoms with Gasteiger partial charge in [-0.25, -0.2) is 0 Å². The summed E-state index contributed by atoms with van der Waals surface area (Å²) in [7, 11) is 0. The molecule has 6 nitrogen and oxygen atoms in total. The van der Waals surface area contributed by atoms with Crippen LogP contribution in [-0.2, 0) is 6.54 Å². The van der Waals surface area contributed by atoms with E-state index in [1.807, 2.05) is 66.1 Å². The van der Waals surface area contributed by atoms with Crippen molar-refractivity contribution in [2.75, 3.05) is 0 Å². The Bertz CT molecular complexity index is 1320. The molecule has 0 bridgehead atoms. The van der Waals surface area contributed by atoms with Crippen LogP contribution in [0.4, 0.5) is 0 Å². The van der Waals surface area contributed by atoms with Crippen molar-refractivity contribution < 1.29 is 9.21 Å². The molecular formula is C24H20N4O2S. The van der Waals surface area contributed by atoms with E-state index >= 15 is 0 Å². The SMILES string of the molecule is CC(Sc1nnc(-c2ccco2)n1Cc1ccccc1)C(=O)c1c[nH]c2ccccc12. The third-order valence-corrected chi connectivity index (χ3v) is 6.23. The van der Waals surface area contributed by atoms with E-state index in [9.17, 15) is 4.79 Å². The highest BCUT2D eigenvalue weighted by Gasteiger charge is 2.24. The topological polar surface area (TPSA) is 76.7 Å². The zero-order chi connectivity index (χ0) is 21.2. The maximum absolute atomic E-state index is 13.2. The van der Waals surface area contributed by atoms with E-state index in [4.69, 9.17) is 4.42 Å². The van der Waals surface area contributed by atoms with Crippen molar-refractivity contribution in [3.05, 3.63) is 90.3 Å². The molecular weight excluding hydrogens is 408 g/mol. The van der Waals surface area contributed by atoms with Crippen molar-refractivity contribution in [3.8, 4) is 11.6 Å². The van der Waals surface area contributed by atoms with Gasteiger partial charge in [-0.15, -0.1) is 10.2 Å². The lowest BCUT2D eigenvalue weighted by molar-refractivity contribution is 0.0995. The van der Waals surface area contributed by atoms with Gasteiger partial charge >= 0.3 is 0 Å². The fourth-order valence-electron chi connectivity index (χ4n) is 3.58. The smallest absolute Gasteiger partial charge is 0.200 e. The number of benzene rings is 2. The summed E-state index contributed by atoms with van der Waals surface area (Å²) in [4.78, 5) is 16.4. The Morgan fingerprint density at radius 2 is 1.87 bits per heavy atom. The van der Waals surface area contributed by atoms with Crippen molar-refractivity contribution in [3.63, 3.8) is 0 Å². The number of ketones is 1. The van der Waals surface area contributed by atoms with Crippen LogP contribution in [-0.4, -0.2) is 30.8 Å². The van der Waals surface area contributed by atoms with Crippen LogP contribution in [0.2, 0.25) is 0 Å². The van der Waals surface area contributed by atoms with Crippen LogP contribution in [0, 0.1) is 0 Å².